The van der Waals surface area contributed by atoms with Crippen LogP contribution in [0.15, 0.2) is 6.20 Å². The number of hydrogen-bond donors (Lipinski definition) is 1. The Bertz CT molecular complexity index is 433. The molecule has 1 aliphatic carbocycles. The molecule has 100 valence electrons. The van der Waals surface area contributed by atoms with Gasteiger partial charge in [-0.05, 0) is 25.2 Å². The largest absolute Gasteiger partial charge is 0.393 e. The summed E-state index contributed by atoms with van der Waals surface area (Å²) in [5.41, 5.74) is 1.55. The van der Waals surface area contributed by atoms with Gasteiger partial charge in [-0.15, -0.1) is 0 Å². The van der Waals surface area contributed by atoms with Crippen molar-refractivity contribution in [1.82, 2.24) is 14.7 Å². The van der Waals surface area contributed by atoms with Crippen molar-refractivity contribution in [2.45, 2.75) is 38.8 Å². The van der Waals surface area contributed by atoms with Gasteiger partial charge < -0.3 is 10.0 Å². The van der Waals surface area contributed by atoms with Crippen molar-refractivity contribution in [1.29, 1.82) is 0 Å². The van der Waals surface area contributed by atoms with E-state index in [2.05, 4.69) is 5.10 Å². The fourth-order valence-electron chi connectivity index (χ4n) is 2.32. The van der Waals surface area contributed by atoms with Crippen LogP contribution in [-0.2, 0) is 13.0 Å². The van der Waals surface area contributed by atoms with Gasteiger partial charge in [-0.2, -0.15) is 5.10 Å². The average molecular weight is 251 g/mol. The van der Waals surface area contributed by atoms with Crippen LogP contribution in [-0.4, -0.2) is 45.9 Å². The lowest BCUT2D eigenvalue weighted by Gasteiger charge is -2.31. The lowest BCUT2D eigenvalue weighted by Crippen LogP contribution is -2.31. The fraction of sp³-hybridized carbons (Fsp3) is 0.692. The van der Waals surface area contributed by atoms with Crippen molar-refractivity contribution < 1.29 is 9.90 Å². The highest BCUT2D eigenvalue weighted by Crippen LogP contribution is 2.28. The molecule has 1 aliphatic rings. The molecule has 1 N–H and O–H groups in total. The monoisotopic (exact) mass is 251 g/mol. The van der Waals surface area contributed by atoms with Gasteiger partial charge in [0.25, 0.3) is 5.91 Å². The number of amides is 1. The van der Waals surface area contributed by atoms with E-state index >= 15 is 0 Å². The van der Waals surface area contributed by atoms with Crippen LogP contribution in [0.5, 0.6) is 0 Å². The Hall–Kier alpha value is -1.36. The Morgan fingerprint density at radius 3 is 2.72 bits per heavy atom. The molecular formula is C13H21N3O2. The van der Waals surface area contributed by atoms with E-state index in [1.165, 1.54) is 0 Å². The first-order valence-corrected chi connectivity index (χ1v) is 6.47. The second-order valence-electron chi connectivity index (χ2n) is 5.27. The number of nitrogens with zero attached hydrogens (tertiary/aromatic N) is 3. The third kappa shape index (κ3) is 2.56. The third-order valence-electron chi connectivity index (χ3n) is 3.48. The zero-order valence-corrected chi connectivity index (χ0v) is 11.3. The minimum absolute atomic E-state index is 0.0424. The van der Waals surface area contributed by atoms with E-state index in [-0.39, 0.29) is 12.0 Å². The molecule has 1 heterocycles. The molecule has 0 radical (unpaired) electrons. The zero-order chi connectivity index (χ0) is 13.3. The molecule has 18 heavy (non-hydrogen) atoms. The molecule has 0 atom stereocenters. The summed E-state index contributed by atoms with van der Waals surface area (Å²) in [5.74, 6) is 0.450. The van der Waals surface area contributed by atoms with Crippen LogP contribution >= 0.6 is 0 Å². The average Bonchev–Trinajstić information content (AvgIpc) is 2.69. The smallest absolute Gasteiger partial charge is 0.274 e. The molecule has 5 heteroatoms. The molecule has 1 aromatic rings. The van der Waals surface area contributed by atoms with E-state index in [4.69, 9.17) is 0 Å². The van der Waals surface area contributed by atoms with E-state index in [9.17, 15) is 9.90 Å². The van der Waals surface area contributed by atoms with E-state index in [0.29, 0.717) is 11.6 Å². The molecule has 0 aromatic carbocycles. The Morgan fingerprint density at radius 1 is 1.56 bits per heavy atom. The van der Waals surface area contributed by atoms with Gasteiger partial charge in [-0.1, -0.05) is 6.92 Å². The van der Waals surface area contributed by atoms with Crippen LogP contribution in [0.3, 0.4) is 0 Å². The number of aliphatic hydroxyl groups excluding tert-OH is 1. The molecule has 2 rings (SSSR count). The molecule has 0 spiro atoms. The van der Waals surface area contributed by atoms with Crippen LogP contribution in [0.1, 0.15) is 35.8 Å². The van der Waals surface area contributed by atoms with Gasteiger partial charge in [-0.25, -0.2) is 0 Å². The highest BCUT2D eigenvalue weighted by Gasteiger charge is 2.28. The molecule has 1 amide bonds. The minimum atomic E-state index is -0.140. The minimum Gasteiger partial charge on any atom is -0.393 e. The van der Waals surface area contributed by atoms with Gasteiger partial charge in [0.05, 0.1) is 6.10 Å². The molecule has 0 saturated heterocycles. The summed E-state index contributed by atoms with van der Waals surface area (Å²) in [7, 11) is 3.48. The Kier molecular flexibility index (Phi) is 3.71. The van der Waals surface area contributed by atoms with Crippen LogP contribution in [0.25, 0.3) is 0 Å². The van der Waals surface area contributed by atoms with Crippen molar-refractivity contribution in [2.75, 3.05) is 14.1 Å². The highest BCUT2D eigenvalue weighted by molar-refractivity contribution is 5.93. The fourth-order valence-corrected chi connectivity index (χ4v) is 2.32. The predicted octanol–water partition coefficient (Wildman–Crippen LogP) is 0.918. The van der Waals surface area contributed by atoms with E-state index in [0.717, 1.165) is 31.4 Å². The second kappa shape index (κ2) is 5.10. The number of rotatable bonds is 4. The quantitative estimate of drug-likeness (QED) is 0.865. The standard InChI is InChI=1S/C13H21N3O2/c1-4-10-8-16(7-9-5-11(17)6-9)14-12(10)13(18)15(2)3/h8-9,11,17H,4-7H2,1-3H3. The number of hydrogen-bond acceptors (Lipinski definition) is 3. The molecular weight excluding hydrogens is 230 g/mol. The molecule has 1 aromatic heterocycles. The maximum atomic E-state index is 12.0. The molecule has 1 saturated carbocycles. The summed E-state index contributed by atoms with van der Waals surface area (Å²) in [6.07, 6.45) is 4.32. The van der Waals surface area contributed by atoms with Crippen LogP contribution < -0.4 is 0 Å². The van der Waals surface area contributed by atoms with Crippen molar-refractivity contribution in [3.63, 3.8) is 0 Å². The number of aryl methyl sites for hydroxylation is 1. The van der Waals surface area contributed by atoms with Crippen LogP contribution in [0.2, 0.25) is 0 Å². The van der Waals surface area contributed by atoms with Crippen molar-refractivity contribution >= 4 is 5.91 Å². The third-order valence-corrected chi connectivity index (χ3v) is 3.48. The number of aromatic nitrogens is 2. The van der Waals surface area contributed by atoms with E-state index in [1.54, 1.807) is 19.0 Å². The number of aliphatic hydroxyl groups is 1. The number of carbonyl (C=O) groups is 1. The van der Waals surface area contributed by atoms with Gasteiger partial charge in [-0.3, -0.25) is 9.48 Å². The lowest BCUT2D eigenvalue weighted by molar-refractivity contribution is 0.0335. The Morgan fingerprint density at radius 2 is 2.22 bits per heavy atom. The van der Waals surface area contributed by atoms with Crippen molar-refractivity contribution in [3.8, 4) is 0 Å². The zero-order valence-electron chi connectivity index (χ0n) is 11.3. The molecule has 1 fully saturated rings. The maximum Gasteiger partial charge on any atom is 0.274 e. The SMILES string of the molecule is CCc1cn(CC2CC(O)C2)nc1C(=O)N(C)C. The van der Waals surface area contributed by atoms with E-state index in [1.807, 2.05) is 17.8 Å². The van der Waals surface area contributed by atoms with Crippen LogP contribution in [0.4, 0.5) is 0 Å². The topological polar surface area (TPSA) is 58.4 Å². The predicted molar refractivity (Wildman–Crippen MR) is 68.4 cm³/mol. The first-order valence-electron chi connectivity index (χ1n) is 6.47. The summed E-state index contributed by atoms with van der Waals surface area (Å²) in [4.78, 5) is 13.5. The van der Waals surface area contributed by atoms with E-state index < -0.39 is 0 Å². The second-order valence-corrected chi connectivity index (χ2v) is 5.27. The molecule has 0 unspecified atom stereocenters. The first-order chi connectivity index (χ1) is 8.51. The summed E-state index contributed by atoms with van der Waals surface area (Å²) < 4.78 is 1.85. The van der Waals surface area contributed by atoms with Crippen molar-refractivity contribution in [2.24, 2.45) is 5.92 Å². The van der Waals surface area contributed by atoms with Gasteiger partial charge in [0.15, 0.2) is 5.69 Å². The first kappa shape index (κ1) is 13.1. The van der Waals surface area contributed by atoms with Gasteiger partial charge >= 0.3 is 0 Å². The van der Waals surface area contributed by atoms with Gasteiger partial charge in [0.2, 0.25) is 0 Å². The normalized spacial score (nSPS) is 22.7. The highest BCUT2D eigenvalue weighted by atomic mass is 16.3. The molecule has 0 bridgehead atoms. The Labute approximate surface area is 107 Å². The lowest BCUT2D eigenvalue weighted by atomic mass is 9.82. The summed E-state index contributed by atoms with van der Waals surface area (Å²) in [5, 5.41) is 13.7. The molecule has 5 nitrogen and oxygen atoms in total. The summed E-state index contributed by atoms with van der Waals surface area (Å²) in [6.45, 7) is 2.83. The van der Waals surface area contributed by atoms with Crippen LogP contribution in [0, 0.1) is 5.92 Å². The number of carbonyl (C=O) groups excluding carboxylic acids is 1. The maximum absolute atomic E-state index is 12.0. The van der Waals surface area contributed by atoms with Gasteiger partial charge in [0, 0.05) is 32.4 Å². The van der Waals surface area contributed by atoms with Crippen molar-refractivity contribution in [3.05, 3.63) is 17.5 Å². The Balaban J connectivity index is 2.11. The summed E-state index contributed by atoms with van der Waals surface area (Å²) >= 11 is 0. The summed E-state index contributed by atoms with van der Waals surface area (Å²) in [6, 6.07) is 0. The van der Waals surface area contributed by atoms with Gasteiger partial charge in [0.1, 0.15) is 0 Å². The molecule has 0 aliphatic heterocycles.